The molecule has 0 aliphatic heterocycles. The molecule has 0 saturated heterocycles. The molecule has 0 aliphatic carbocycles. The van der Waals surface area contributed by atoms with Crippen LogP contribution in [0.1, 0.15) is 5.56 Å². The van der Waals surface area contributed by atoms with Crippen LogP contribution in [0, 0.1) is 0 Å². The summed E-state index contributed by atoms with van der Waals surface area (Å²) in [7, 11) is -0.705. The number of hydrogen-bond acceptors (Lipinski definition) is 1. The van der Waals surface area contributed by atoms with Crippen molar-refractivity contribution in [2.75, 3.05) is 0 Å². The van der Waals surface area contributed by atoms with Crippen LogP contribution in [0.5, 0.6) is 0 Å². The van der Waals surface area contributed by atoms with Gasteiger partial charge in [0.1, 0.15) is 0 Å². The van der Waals surface area contributed by atoms with Gasteiger partial charge in [0.2, 0.25) is 0 Å². The van der Waals surface area contributed by atoms with Crippen LogP contribution in [-0.4, -0.2) is 0 Å². The van der Waals surface area contributed by atoms with Gasteiger partial charge in [0.15, 0.2) is 0 Å². The molecule has 0 aliphatic rings. The molecule has 0 fully saturated rings. The maximum Gasteiger partial charge on any atom is 0.0238 e. The summed E-state index contributed by atoms with van der Waals surface area (Å²) in [5.41, 5.74) is 4.00. The molecule has 0 heterocycles. The predicted octanol–water partition coefficient (Wildman–Crippen LogP) is 7.40. The first-order valence-electron chi connectivity index (χ1n) is 11.2. The summed E-state index contributed by atoms with van der Waals surface area (Å²) in [4.78, 5) is 1.31. The van der Waals surface area contributed by atoms with E-state index in [1.807, 2.05) is 11.8 Å². The summed E-state index contributed by atoms with van der Waals surface area (Å²) >= 11 is 1.91. The van der Waals surface area contributed by atoms with E-state index in [4.69, 9.17) is 0 Å². The first-order chi connectivity index (χ1) is 16.4. The fourth-order valence-corrected chi connectivity index (χ4v) is 7.72. The summed E-state index contributed by atoms with van der Waals surface area (Å²) in [5, 5.41) is 4.22. The van der Waals surface area contributed by atoms with Gasteiger partial charge >= 0.3 is 0 Å². The van der Waals surface area contributed by atoms with Crippen LogP contribution in [0.15, 0.2) is 144 Å². The lowest BCUT2D eigenvalue weighted by molar-refractivity contribution is 1.40. The van der Waals surface area contributed by atoms with Crippen molar-refractivity contribution >= 4 is 35.6 Å². The Morgan fingerprint density at radius 1 is 0.485 bits per heavy atom. The number of hydrogen-bond donors (Lipinski definition) is 0. The van der Waals surface area contributed by atoms with Crippen molar-refractivity contribution in [3.63, 3.8) is 0 Å². The van der Waals surface area contributed by atoms with E-state index >= 15 is 0 Å². The van der Waals surface area contributed by atoms with E-state index in [2.05, 4.69) is 140 Å². The van der Waals surface area contributed by atoms with Gasteiger partial charge in [-0.15, -0.1) is 11.8 Å². The number of thioether (sulfide) groups is 1. The smallest absolute Gasteiger partial charge is 0.0238 e. The Kier molecular flexibility index (Phi) is 7.02. The van der Waals surface area contributed by atoms with Gasteiger partial charge in [-0.2, -0.15) is 0 Å². The largest absolute Gasteiger partial charge is 0.121 e. The normalized spacial score (nSPS) is 11.8. The Balaban J connectivity index is 1.62. The second-order valence-electron chi connectivity index (χ2n) is 7.78. The highest BCUT2D eigenvalue weighted by Crippen LogP contribution is 2.39. The van der Waals surface area contributed by atoms with Gasteiger partial charge in [-0.25, -0.2) is 0 Å². The highest BCUT2D eigenvalue weighted by molar-refractivity contribution is 7.98. The molecule has 160 valence electrons. The van der Waals surface area contributed by atoms with E-state index in [1.165, 1.54) is 37.5 Å². The quantitative estimate of drug-likeness (QED) is 0.180. The Labute approximate surface area is 202 Å². The minimum Gasteiger partial charge on any atom is -0.121 e. The van der Waals surface area contributed by atoms with Crippen molar-refractivity contribution in [2.45, 2.75) is 10.6 Å². The lowest BCUT2D eigenvalue weighted by atomic mass is 10.1. The molecule has 0 spiro atoms. The Morgan fingerprint density at radius 2 is 1.03 bits per heavy atom. The maximum absolute atomic E-state index is 2.33. The monoisotopic (exact) mass is 460 g/mol. The van der Waals surface area contributed by atoms with Crippen LogP contribution in [0.25, 0.3) is 11.1 Å². The fourth-order valence-electron chi connectivity index (χ4n) is 4.04. The van der Waals surface area contributed by atoms with Gasteiger partial charge in [-0.05, 0) is 52.7 Å². The molecule has 5 aromatic carbocycles. The predicted molar refractivity (Wildman–Crippen MR) is 147 cm³/mol. The fraction of sp³-hybridized carbons (Fsp3) is 0.0323. The summed E-state index contributed by atoms with van der Waals surface area (Å²) < 4.78 is 0. The molecule has 0 bridgehead atoms. The lowest BCUT2D eigenvalue weighted by Crippen LogP contribution is -2.24. The number of benzene rings is 5. The molecular weight excluding hydrogens is 435 g/mol. The van der Waals surface area contributed by atoms with Crippen LogP contribution in [0.2, 0.25) is 0 Å². The molecule has 0 N–H and O–H groups in total. The second-order valence-corrected chi connectivity index (χ2v) is 11.0. The van der Waals surface area contributed by atoms with Gasteiger partial charge in [0, 0.05) is 10.6 Å². The minimum absolute atomic E-state index is 0.705. The highest BCUT2D eigenvalue weighted by Gasteiger charge is 2.22. The number of rotatable bonds is 7. The third-order valence-electron chi connectivity index (χ3n) is 5.61. The van der Waals surface area contributed by atoms with Crippen molar-refractivity contribution < 1.29 is 0 Å². The highest BCUT2D eigenvalue weighted by atomic mass is 32.2. The summed E-state index contributed by atoms with van der Waals surface area (Å²) in [6.07, 6.45) is 0. The third-order valence-corrected chi connectivity index (χ3v) is 9.28. The van der Waals surface area contributed by atoms with Crippen LogP contribution < -0.4 is 15.9 Å². The maximum atomic E-state index is 2.33. The van der Waals surface area contributed by atoms with Crippen molar-refractivity contribution in [3.05, 3.63) is 145 Å². The van der Waals surface area contributed by atoms with Crippen molar-refractivity contribution in [1.29, 1.82) is 0 Å². The average molecular weight is 461 g/mol. The summed E-state index contributed by atoms with van der Waals surface area (Å²) in [5.74, 6) is 0.958. The van der Waals surface area contributed by atoms with Crippen molar-refractivity contribution in [2.24, 2.45) is 0 Å². The molecule has 5 aromatic rings. The van der Waals surface area contributed by atoms with Crippen LogP contribution in [0.4, 0.5) is 0 Å². The Hall–Kier alpha value is -3.12. The molecule has 0 amide bonds. The van der Waals surface area contributed by atoms with E-state index in [-0.39, 0.29) is 0 Å². The zero-order valence-electron chi connectivity index (χ0n) is 18.3. The van der Waals surface area contributed by atoms with Gasteiger partial charge < -0.3 is 0 Å². The molecule has 0 saturated carbocycles. The van der Waals surface area contributed by atoms with E-state index in [9.17, 15) is 0 Å². The van der Waals surface area contributed by atoms with Crippen molar-refractivity contribution in [3.8, 4) is 11.1 Å². The van der Waals surface area contributed by atoms with Crippen LogP contribution in [-0.2, 0) is 5.75 Å². The zero-order chi connectivity index (χ0) is 22.3. The second kappa shape index (κ2) is 10.7. The molecule has 0 radical (unpaired) electrons. The minimum atomic E-state index is -0.705. The third kappa shape index (κ3) is 5.11. The average Bonchev–Trinajstić information content (AvgIpc) is 2.90. The molecular formula is C31H25PS. The lowest BCUT2D eigenvalue weighted by Gasteiger charge is -2.24. The van der Waals surface area contributed by atoms with Gasteiger partial charge in [0.05, 0.1) is 0 Å². The molecule has 1 unspecified atom stereocenters. The van der Waals surface area contributed by atoms with Crippen LogP contribution >= 0.6 is 19.7 Å². The van der Waals surface area contributed by atoms with E-state index < -0.39 is 7.92 Å². The molecule has 33 heavy (non-hydrogen) atoms. The van der Waals surface area contributed by atoms with Gasteiger partial charge in [0.25, 0.3) is 0 Å². The molecule has 1 atom stereocenters. The van der Waals surface area contributed by atoms with Gasteiger partial charge in [-0.3, -0.25) is 0 Å². The van der Waals surface area contributed by atoms with E-state index in [1.54, 1.807) is 0 Å². The molecule has 5 rings (SSSR count). The first kappa shape index (κ1) is 21.7. The Morgan fingerprint density at radius 3 is 1.76 bits per heavy atom. The summed E-state index contributed by atoms with van der Waals surface area (Å²) in [6.45, 7) is 0. The molecule has 2 heteroatoms. The summed E-state index contributed by atoms with van der Waals surface area (Å²) in [6, 6.07) is 50.4. The van der Waals surface area contributed by atoms with Crippen LogP contribution in [0.3, 0.4) is 0 Å². The standard InChI is InChI=1S/C31H25PS/c1-4-14-25(15-5-1)29-21-11-13-23-31(29)32(27-17-6-2-7-18-27)30-22-12-10-16-26(30)24-33-28-19-8-3-9-20-28/h1-23H,24H2. The Bertz CT molecular complexity index is 1300. The first-order valence-corrected chi connectivity index (χ1v) is 13.5. The van der Waals surface area contributed by atoms with E-state index in [0.29, 0.717) is 0 Å². The zero-order valence-corrected chi connectivity index (χ0v) is 20.1. The van der Waals surface area contributed by atoms with E-state index in [0.717, 1.165) is 5.75 Å². The topological polar surface area (TPSA) is 0 Å². The molecule has 0 aromatic heterocycles. The SMILES string of the molecule is c1ccc(SCc2ccccc2P(c2ccccc2)c2ccccc2-c2ccccc2)cc1. The molecule has 0 nitrogen and oxygen atoms in total. The van der Waals surface area contributed by atoms with Crippen molar-refractivity contribution in [1.82, 2.24) is 0 Å². The van der Waals surface area contributed by atoms with Gasteiger partial charge in [-0.1, -0.05) is 127 Å².